The number of nitrogens with zero attached hydrogens (tertiary/aromatic N) is 4. The third-order valence-corrected chi connectivity index (χ3v) is 6.04. The molecule has 28 heavy (non-hydrogen) atoms. The molecular formula is C19H19Cl2FN4O2. The maximum absolute atomic E-state index is 14.1. The molecule has 2 aromatic rings. The van der Waals surface area contributed by atoms with Crippen molar-refractivity contribution in [2.75, 3.05) is 13.6 Å². The third kappa shape index (κ3) is 3.16. The van der Waals surface area contributed by atoms with Crippen molar-refractivity contribution in [1.82, 2.24) is 19.6 Å². The molecule has 148 valence electrons. The summed E-state index contributed by atoms with van der Waals surface area (Å²) < 4.78 is 15.6. The lowest BCUT2D eigenvalue weighted by molar-refractivity contribution is 0.0649. The average molecular weight is 425 g/mol. The number of benzene rings is 1. The van der Waals surface area contributed by atoms with Crippen LogP contribution in [0.25, 0.3) is 0 Å². The number of carbonyl (C=O) groups is 2. The fourth-order valence-electron chi connectivity index (χ4n) is 3.84. The van der Waals surface area contributed by atoms with Crippen LogP contribution in [0.4, 0.5) is 4.39 Å². The lowest BCUT2D eigenvalue weighted by Crippen LogP contribution is -2.43. The zero-order valence-corrected chi connectivity index (χ0v) is 17.0. The van der Waals surface area contributed by atoms with E-state index < -0.39 is 6.17 Å². The summed E-state index contributed by atoms with van der Waals surface area (Å²) in [7, 11) is 1.58. The zero-order chi connectivity index (χ0) is 20.2. The Morgan fingerprint density at radius 3 is 2.71 bits per heavy atom. The van der Waals surface area contributed by atoms with Gasteiger partial charge in [-0.15, -0.1) is 0 Å². The molecule has 2 atom stereocenters. The van der Waals surface area contributed by atoms with Crippen molar-refractivity contribution < 1.29 is 14.0 Å². The summed E-state index contributed by atoms with van der Waals surface area (Å²) in [5.41, 5.74) is 2.24. The van der Waals surface area contributed by atoms with Crippen LogP contribution in [-0.2, 0) is 19.5 Å². The maximum Gasteiger partial charge on any atom is 0.272 e. The number of hydrogen-bond acceptors (Lipinski definition) is 3. The van der Waals surface area contributed by atoms with Gasteiger partial charge in [-0.1, -0.05) is 23.2 Å². The van der Waals surface area contributed by atoms with Crippen LogP contribution in [0.3, 0.4) is 0 Å². The smallest absolute Gasteiger partial charge is 0.272 e. The first kappa shape index (κ1) is 19.2. The first-order chi connectivity index (χ1) is 13.3. The van der Waals surface area contributed by atoms with E-state index in [-0.39, 0.29) is 37.5 Å². The van der Waals surface area contributed by atoms with Crippen molar-refractivity contribution in [2.45, 2.75) is 38.6 Å². The second kappa shape index (κ2) is 7.04. The van der Waals surface area contributed by atoms with Crippen molar-refractivity contribution in [3.05, 3.63) is 50.8 Å². The molecule has 9 heteroatoms. The summed E-state index contributed by atoms with van der Waals surface area (Å²) in [5, 5.41) is 5.17. The summed E-state index contributed by atoms with van der Waals surface area (Å²) in [4.78, 5) is 28.9. The lowest BCUT2D eigenvalue weighted by atomic mass is 9.98. The monoisotopic (exact) mass is 424 g/mol. The maximum atomic E-state index is 14.1. The average Bonchev–Trinajstić information content (AvgIpc) is 2.93. The summed E-state index contributed by atoms with van der Waals surface area (Å²) in [5.74, 6) is -0.472. The molecule has 0 saturated carbocycles. The molecule has 4 rings (SSSR count). The minimum Gasteiger partial charge on any atom is -0.337 e. The topological polar surface area (TPSA) is 58.4 Å². The van der Waals surface area contributed by atoms with Crippen molar-refractivity contribution in [2.24, 2.45) is 0 Å². The fourth-order valence-corrected chi connectivity index (χ4v) is 4.14. The number of amides is 2. The third-order valence-electron chi connectivity index (χ3n) is 5.30. The van der Waals surface area contributed by atoms with E-state index >= 15 is 0 Å². The van der Waals surface area contributed by atoms with Crippen molar-refractivity contribution in [3.63, 3.8) is 0 Å². The Kier molecular flexibility index (Phi) is 4.83. The van der Waals surface area contributed by atoms with Crippen molar-refractivity contribution in [1.29, 1.82) is 0 Å². The van der Waals surface area contributed by atoms with Gasteiger partial charge in [-0.05, 0) is 25.1 Å². The summed E-state index contributed by atoms with van der Waals surface area (Å²) in [6.07, 6.45) is -0.681. The van der Waals surface area contributed by atoms with Crippen LogP contribution in [0, 0.1) is 0 Å². The highest BCUT2D eigenvalue weighted by atomic mass is 35.5. The predicted octanol–water partition coefficient (Wildman–Crippen LogP) is 3.20. The largest absolute Gasteiger partial charge is 0.337 e. The van der Waals surface area contributed by atoms with E-state index in [2.05, 4.69) is 5.10 Å². The normalized spacial score (nSPS) is 22.0. The number of hydrogen-bond donors (Lipinski definition) is 0. The van der Waals surface area contributed by atoms with Crippen LogP contribution in [0.15, 0.2) is 18.2 Å². The molecule has 0 spiro atoms. The number of fused-ring (bicyclic) bond motifs is 3. The molecule has 0 N–H and O–H groups in total. The van der Waals surface area contributed by atoms with Crippen LogP contribution in [0.1, 0.15) is 39.0 Å². The first-order valence-corrected chi connectivity index (χ1v) is 9.76. The molecule has 0 aliphatic carbocycles. The molecule has 3 heterocycles. The Labute approximate surface area is 171 Å². The number of carbonyl (C=O) groups excluding carboxylic acids is 2. The van der Waals surface area contributed by atoms with E-state index in [9.17, 15) is 14.0 Å². The Morgan fingerprint density at radius 2 is 2.00 bits per heavy atom. The van der Waals surface area contributed by atoms with Crippen molar-refractivity contribution >= 4 is 35.0 Å². The van der Waals surface area contributed by atoms with E-state index in [1.165, 1.54) is 9.58 Å². The minimum atomic E-state index is -1.18. The molecule has 1 aromatic carbocycles. The van der Waals surface area contributed by atoms with E-state index in [1.807, 2.05) is 6.92 Å². The van der Waals surface area contributed by atoms with Gasteiger partial charge in [0, 0.05) is 30.6 Å². The predicted molar refractivity (Wildman–Crippen MR) is 104 cm³/mol. The molecular weight excluding hydrogens is 406 g/mol. The van der Waals surface area contributed by atoms with Crippen molar-refractivity contribution in [3.8, 4) is 0 Å². The summed E-state index contributed by atoms with van der Waals surface area (Å²) >= 11 is 12.0. The highest BCUT2D eigenvalue weighted by Crippen LogP contribution is 2.30. The highest BCUT2D eigenvalue weighted by molar-refractivity contribution is 6.42. The van der Waals surface area contributed by atoms with Gasteiger partial charge in [-0.2, -0.15) is 5.10 Å². The molecule has 0 radical (unpaired) electrons. The molecule has 1 aromatic heterocycles. The van der Waals surface area contributed by atoms with Crippen LogP contribution >= 0.6 is 23.2 Å². The van der Waals surface area contributed by atoms with Gasteiger partial charge < -0.3 is 9.80 Å². The second-order valence-corrected chi connectivity index (χ2v) is 8.17. The van der Waals surface area contributed by atoms with E-state index in [4.69, 9.17) is 23.2 Å². The molecule has 0 saturated heterocycles. The molecule has 0 bridgehead atoms. The van der Waals surface area contributed by atoms with Gasteiger partial charge in [0.05, 0.1) is 35.4 Å². The van der Waals surface area contributed by atoms with Gasteiger partial charge in [0.2, 0.25) is 0 Å². The number of alkyl halides is 1. The Morgan fingerprint density at radius 1 is 1.25 bits per heavy atom. The number of aromatic nitrogens is 2. The van der Waals surface area contributed by atoms with Gasteiger partial charge in [0.15, 0.2) is 0 Å². The molecule has 2 aliphatic heterocycles. The number of rotatable bonds is 1. The molecule has 0 unspecified atom stereocenters. The Bertz CT molecular complexity index is 977. The van der Waals surface area contributed by atoms with Gasteiger partial charge in [0.1, 0.15) is 11.9 Å². The van der Waals surface area contributed by atoms with Crippen LogP contribution < -0.4 is 0 Å². The molecule has 6 nitrogen and oxygen atoms in total. The van der Waals surface area contributed by atoms with Gasteiger partial charge >= 0.3 is 0 Å². The lowest BCUT2D eigenvalue weighted by Gasteiger charge is -2.33. The highest BCUT2D eigenvalue weighted by Gasteiger charge is 2.37. The zero-order valence-electron chi connectivity index (χ0n) is 15.5. The molecule has 2 aliphatic rings. The Hall–Kier alpha value is -2.12. The quantitative estimate of drug-likeness (QED) is 0.705. The minimum absolute atomic E-state index is 0.0271. The standard InChI is InChI=1S/C19H19Cl2FN4O2/c1-10-5-16-13(17-19(28)24(2)7-12(22)8-26(17)23-16)9-25(10)18(27)11-3-4-14(20)15(21)6-11/h3-4,6,10,12H,5,7-9H2,1-2H3/t10-,12-/m1/s1. The van der Waals surface area contributed by atoms with E-state index in [1.54, 1.807) is 30.1 Å². The summed E-state index contributed by atoms with van der Waals surface area (Å²) in [6.45, 7) is 2.23. The van der Waals surface area contributed by atoms with Gasteiger partial charge in [-0.25, -0.2) is 4.39 Å². The Balaban J connectivity index is 1.71. The second-order valence-electron chi connectivity index (χ2n) is 7.35. The van der Waals surface area contributed by atoms with E-state index in [0.29, 0.717) is 33.3 Å². The SMILES string of the molecule is C[C@@H]1Cc2nn3c(c2CN1C(=O)c1ccc(Cl)c(Cl)c1)C(=O)N(C)C[C@@H](F)C3. The van der Waals surface area contributed by atoms with Crippen LogP contribution in [0.5, 0.6) is 0 Å². The van der Waals surface area contributed by atoms with Crippen LogP contribution in [-0.4, -0.2) is 57.2 Å². The number of halogens is 3. The fraction of sp³-hybridized carbons (Fsp3) is 0.421. The van der Waals surface area contributed by atoms with Gasteiger partial charge in [0.25, 0.3) is 11.8 Å². The molecule has 2 amide bonds. The first-order valence-electron chi connectivity index (χ1n) is 9.00. The van der Waals surface area contributed by atoms with Gasteiger partial charge in [-0.3, -0.25) is 14.3 Å². The van der Waals surface area contributed by atoms with E-state index in [0.717, 1.165) is 5.69 Å². The van der Waals surface area contributed by atoms with Crippen LogP contribution in [0.2, 0.25) is 10.0 Å². The summed E-state index contributed by atoms with van der Waals surface area (Å²) in [6, 6.07) is 4.63. The molecule has 0 fully saturated rings.